The average molecular weight is 252 g/mol. The van der Waals surface area contributed by atoms with Crippen molar-refractivity contribution in [1.82, 2.24) is 5.32 Å². The van der Waals surface area contributed by atoms with Gasteiger partial charge in [0.1, 0.15) is 5.76 Å². The summed E-state index contributed by atoms with van der Waals surface area (Å²) in [6.45, 7) is 0.184. The summed E-state index contributed by atoms with van der Waals surface area (Å²) < 4.78 is 5.01. The summed E-state index contributed by atoms with van der Waals surface area (Å²) in [4.78, 5) is 22.1. The monoisotopic (exact) mass is 252 g/mol. The van der Waals surface area contributed by atoms with Crippen LogP contribution in [0.5, 0.6) is 0 Å². The molecule has 1 aliphatic carbocycles. The van der Waals surface area contributed by atoms with Crippen molar-refractivity contribution >= 4 is 11.9 Å². The molecule has 6 heteroatoms. The van der Waals surface area contributed by atoms with Crippen molar-refractivity contribution < 1.29 is 19.1 Å². The lowest BCUT2D eigenvalue weighted by Crippen LogP contribution is -2.32. The van der Waals surface area contributed by atoms with Crippen molar-refractivity contribution in [3.05, 3.63) is 23.7 Å². The molecule has 1 fully saturated rings. The van der Waals surface area contributed by atoms with E-state index in [1.165, 1.54) is 12.1 Å². The molecule has 0 radical (unpaired) electrons. The van der Waals surface area contributed by atoms with Crippen molar-refractivity contribution in [2.24, 2.45) is 11.7 Å². The van der Waals surface area contributed by atoms with Gasteiger partial charge in [0.15, 0.2) is 0 Å². The smallest absolute Gasteiger partial charge is 0.371 e. The number of hydrogen-bond acceptors (Lipinski definition) is 4. The Morgan fingerprint density at radius 1 is 1.50 bits per heavy atom. The van der Waals surface area contributed by atoms with Crippen LogP contribution in [0.1, 0.15) is 35.6 Å². The SMILES string of the molecule is NC(CC(=O)NCc1ccc(C(=O)O)o1)C1CC1. The summed E-state index contributed by atoms with van der Waals surface area (Å²) in [5, 5.41) is 11.3. The Morgan fingerprint density at radius 2 is 2.22 bits per heavy atom. The van der Waals surface area contributed by atoms with Crippen LogP contribution in [0.2, 0.25) is 0 Å². The summed E-state index contributed by atoms with van der Waals surface area (Å²) in [7, 11) is 0. The van der Waals surface area contributed by atoms with E-state index in [9.17, 15) is 9.59 Å². The molecule has 0 spiro atoms. The van der Waals surface area contributed by atoms with Gasteiger partial charge in [-0.1, -0.05) is 0 Å². The maximum absolute atomic E-state index is 11.6. The number of aromatic carboxylic acids is 1. The van der Waals surface area contributed by atoms with E-state index in [0.717, 1.165) is 12.8 Å². The molecule has 1 aromatic rings. The van der Waals surface area contributed by atoms with Gasteiger partial charge in [-0.25, -0.2) is 4.79 Å². The molecule has 0 saturated heterocycles. The van der Waals surface area contributed by atoms with E-state index in [4.69, 9.17) is 15.3 Å². The minimum atomic E-state index is -1.12. The molecule has 1 unspecified atom stereocenters. The van der Waals surface area contributed by atoms with E-state index in [1.807, 2.05) is 0 Å². The molecule has 98 valence electrons. The fourth-order valence-electron chi connectivity index (χ4n) is 1.75. The lowest BCUT2D eigenvalue weighted by molar-refractivity contribution is -0.121. The van der Waals surface area contributed by atoms with Gasteiger partial charge in [-0.3, -0.25) is 4.79 Å². The zero-order chi connectivity index (χ0) is 13.1. The highest BCUT2D eigenvalue weighted by atomic mass is 16.4. The van der Waals surface area contributed by atoms with Crippen molar-refractivity contribution in [1.29, 1.82) is 0 Å². The second-order valence-corrected chi connectivity index (χ2v) is 4.55. The Hall–Kier alpha value is -1.82. The van der Waals surface area contributed by atoms with Gasteiger partial charge in [0.05, 0.1) is 6.54 Å². The maximum atomic E-state index is 11.6. The number of carbonyl (C=O) groups is 2. The first kappa shape index (κ1) is 12.6. The molecule has 0 aromatic carbocycles. The minimum absolute atomic E-state index is 0.0730. The van der Waals surface area contributed by atoms with Crippen molar-refractivity contribution in [3.63, 3.8) is 0 Å². The van der Waals surface area contributed by atoms with Gasteiger partial charge in [0.25, 0.3) is 0 Å². The molecule has 1 amide bonds. The van der Waals surface area contributed by atoms with Crippen molar-refractivity contribution in [2.75, 3.05) is 0 Å². The molecule has 6 nitrogen and oxygen atoms in total. The van der Waals surface area contributed by atoms with Crippen LogP contribution < -0.4 is 11.1 Å². The van der Waals surface area contributed by atoms with Gasteiger partial charge in [-0.15, -0.1) is 0 Å². The quantitative estimate of drug-likeness (QED) is 0.691. The summed E-state index contributed by atoms with van der Waals surface area (Å²) in [6, 6.07) is 2.82. The lowest BCUT2D eigenvalue weighted by atomic mass is 10.1. The molecule has 0 aliphatic heterocycles. The molecule has 4 N–H and O–H groups in total. The molecular weight excluding hydrogens is 236 g/mol. The van der Waals surface area contributed by atoms with Gasteiger partial charge in [0, 0.05) is 12.5 Å². The third-order valence-corrected chi connectivity index (χ3v) is 2.98. The molecule has 1 aliphatic rings. The number of carboxylic acid groups (broad SMARTS) is 1. The number of amides is 1. The third kappa shape index (κ3) is 3.33. The summed E-state index contributed by atoms with van der Waals surface area (Å²) in [6.07, 6.45) is 2.51. The van der Waals surface area contributed by atoms with Gasteiger partial charge >= 0.3 is 5.97 Å². The van der Waals surface area contributed by atoms with E-state index in [2.05, 4.69) is 5.32 Å². The highest BCUT2D eigenvalue weighted by molar-refractivity contribution is 5.84. The maximum Gasteiger partial charge on any atom is 0.371 e. The van der Waals surface area contributed by atoms with Crippen molar-refractivity contribution in [3.8, 4) is 0 Å². The number of nitrogens with two attached hydrogens (primary N) is 1. The average Bonchev–Trinajstić information content (AvgIpc) is 3.05. The van der Waals surface area contributed by atoms with Crippen LogP contribution >= 0.6 is 0 Å². The Bertz CT molecular complexity index is 451. The fourth-order valence-corrected chi connectivity index (χ4v) is 1.75. The van der Waals surface area contributed by atoms with Crippen molar-refractivity contribution in [2.45, 2.75) is 31.8 Å². The second-order valence-electron chi connectivity index (χ2n) is 4.55. The highest BCUT2D eigenvalue weighted by Crippen LogP contribution is 2.32. The summed E-state index contributed by atoms with van der Waals surface area (Å²) >= 11 is 0. The molecule has 0 bridgehead atoms. The third-order valence-electron chi connectivity index (χ3n) is 2.98. The van der Waals surface area contributed by atoms with E-state index >= 15 is 0 Å². The molecule has 1 aromatic heterocycles. The van der Waals surface area contributed by atoms with E-state index in [-0.39, 0.29) is 24.3 Å². The van der Waals surface area contributed by atoms with Gasteiger partial charge in [-0.2, -0.15) is 0 Å². The van der Waals surface area contributed by atoms with Crippen LogP contribution in [-0.4, -0.2) is 23.0 Å². The summed E-state index contributed by atoms with van der Waals surface area (Å²) in [5.74, 6) is -0.487. The first-order valence-electron chi connectivity index (χ1n) is 5.90. The highest BCUT2D eigenvalue weighted by Gasteiger charge is 2.29. The predicted molar refractivity (Wildman–Crippen MR) is 62.8 cm³/mol. The zero-order valence-corrected chi connectivity index (χ0v) is 9.89. The molecule has 18 heavy (non-hydrogen) atoms. The normalized spacial score (nSPS) is 16.3. The first-order valence-corrected chi connectivity index (χ1v) is 5.90. The van der Waals surface area contributed by atoms with Crippen LogP contribution in [0.3, 0.4) is 0 Å². The Morgan fingerprint density at radius 3 is 2.78 bits per heavy atom. The number of nitrogens with one attached hydrogen (secondary N) is 1. The number of rotatable bonds is 6. The molecular formula is C12H16N2O4. The number of hydrogen-bond donors (Lipinski definition) is 3. The van der Waals surface area contributed by atoms with E-state index < -0.39 is 5.97 Å². The van der Waals surface area contributed by atoms with Gasteiger partial charge in [0.2, 0.25) is 11.7 Å². The number of carboxylic acids is 1. The Balaban J connectivity index is 1.75. The largest absolute Gasteiger partial charge is 0.475 e. The van der Waals surface area contributed by atoms with Crippen LogP contribution in [0.15, 0.2) is 16.5 Å². The Labute approximate surface area is 104 Å². The van der Waals surface area contributed by atoms with Crippen LogP contribution in [0.4, 0.5) is 0 Å². The molecule has 1 heterocycles. The first-order chi connectivity index (χ1) is 8.56. The standard InChI is InChI=1S/C12H16N2O4/c13-9(7-1-2-7)5-11(15)14-6-8-3-4-10(18-8)12(16)17/h3-4,7,9H,1-2,5-6,13H2,(H,14,15)(H,16,17). The predicted octanol–water partition coefficient (Wildman–Crippen LogP) is 0.721. The lowest BCUT2D eigenvalue weighted by Gasteiger charge is -2.09. The summed E-state index contributed by atoms with van der Waals surface area (Å²) in [5.41, 5.74) is 5.83. The van der Waals surface area contributed by atoms with Crippen LogP contribution in [0.25, 0.3) is 0 Å². The van der Waals surface area contributed by atoms with Gasteiger partial charge < -0.3 is 20.6 Å². The van der Waals surface area contributed by atoms with E-state index in [1.54, 1.807) is 0 Å². The second kappa shape index (κ2) is 5.22. The van der Waals surface area contributed by atoms with E-state index in [0.29, 0.717) is 18.1 Å². The molecule has 1 atom stereocenters. The molecule has 2 rings (SSSR count). The van der Waals surface area contributed by atoms with Crippen LogP contribution in [0, 0.1) is 5.92 Å². The number of carbonyl (C=O) groups excluding carboxylic acids is 1. The zero-order valence-electron chi connectivity index (χ0n) is 9.89. The number of furan rings is 1. The Kier molecular flexibility index (Phi) is 3.66. The molecule has 1 saturated carbocycles. The van der Waals surface area contributed by atoms with Crippen LogP contribution in [-0.2, 0) is 11.3 Å². The topological polar surface area (TPSA) is 106 Å². The minimum Gasteiger partial charge on any atom is -0.475 e. The fraction of sp³-hybridized carbons (Fsp3) is 0.500. The van der Waals surface area contributed by atoms with Gasteiger partial charge in [-0.05, 0) is 30.9 Å².